The van der Waals surface area contributed by atoms with E-state index in [9.17, 15) is 14.3 Å². The van der Waals surface area contributed by atoms with Crippen molar-refractivity contribution < 1.29 is 19.0 Å². The summed E-state index contributed by atoms with van der Waals surface area (Å²) >= 11 is 4.30. The summed E-state index contributed by atoms with van der Waals surface area (Å²) in [5, 5.41) is 10.5. The second-order valence-electron chi connectivity index (χ2n) is 6.21. The Hall–Kier alpha value is -1.44. The van der Waals surface area contributed by atoms with Gasteiger partial charge >= 0.3 is 6.09 Å². The van der Waals surface area contributed by atoms with Gasteiger partial charge in [0.2, 0.25) is 0 Å². The van der Waals surface area contributed by atoms with Crippen LogP contribution in [0.1, 0.15) is 29.5 Å². The Kier molecular flexibility index (Phi) is 5.46. The minimum atomic E-state index is -1.24. The average molecular weight is 428 g/mol. The molecule has 0 atom stereocenters. The first kappa shape index (κ1) is 18.4. The van der Waals surface area contributed by atoms with Crippen molar-refractivity contribution in [3.05, 3.63) is 55.9 Å². The van der Waals surface area contributed by atoms with Gasteiger partial charge in [-0.2, -0.15) is 4.39 Å². The lowest BCUT2D eigenvalue weighted by Crippen LogP contribution is -2.45. The van der Waals surface area contributed by atoms with Crippen molar-refractivity contribution in [2.75, 3.05) is 13.1 Å². The number of nitrogens with zero attached hydrogens (tertiary/aromatic N) is 1. The van der Waals surface area contributed by atoms with Crippen molar-refractivity contribution in [1.82, 2.24) is 4.90 Å². The minimum absolute atomic E-state index is 0.214. The van der Waals surface area contributed by atoms with Gasteiger partial charge in [-0.15, -0.1) is 0 Å². The molecule has 4 nitrogen and oxygen atoms in total. The molecular formula is C18H19BrFNO3S. The Labute approximate surface area is 158 Å². The minimum Gasteiger partial charge on any atom is -0.445 e. The van der Waals surface area contributed by atoms with E-state index in [1.807, 2.05) is 30.3 Å². The van der Waals surface area contributed by atoms with E-state index in [0.717, 1.165) is 22.5 Å². The Morgan fingerprint density at radius 1 is 1.36 bits per heavy atom. The predicted octanol–water partition coefficient (Wildman–Crippen LogP) is 4.58. The van der Waals surface area contributed by atoms with Gasteiger partial charge in [0.05, 0.1) is 9.39 Å². The highest BCUT2D eigenvalue weighted by Gasteiger charge is 2.40. The van der Waals surface area contributed by atoms with Crippen LogP contribution in [0.4, 0.5) is 9.18 Å². The van der Waals surface area contributed by atoms with Crippen LogP contribution in [0.3, 0.4) is 0 Å². The molecule has 1 aliphatic heterocycles. The summed E-state index contributed by atoms with van der Waals surface area (Å²) in [6.07, 6.45) is 0.164. The molecule has 0 aliphatic carbocycles. The molecule has 0 spiro atoms. The zero-order chi connectivity index (χ0) is 18.0. The van der Waals surface area contributed by atoms with E-state index in [1.54, 1.807) is 11.8 Å². The summed E-state index contributed by atoms with van der Waals surface area (Å²) in [4.78, 5) is 13.8. The van der Waals surface area contributed by atoms with Crippen LogP contribution in [0.5, 0.6) is 0 Å². The van der Waals surface area contributed by atoms with E-state index < -0.39 is 11.7 Å². The molecule has 25 heavy (non-hydrogen) atoms. The van der Waals surface area contributed by atoms with E-state index in [0.29, 0.717) is 22.4 Å². The van der Waals surface area contributed by atoms with E-state index in [2.05, 4.69) is 15.9 Å². The molecular weight excluding hydrogens is 409 g/mol. The van der Waals surface area contributed by atoms with Gasteiger partial charge in [0.1, 0.15) is 6.61 Å². The smallest absolute Gasteiger partial charge is 0.410 e. The van der Waals surface area contributed by atoms with Gasteiger partial charge in [-0.05, 0) is 46.8 Å². The van der Waals surface area contributed by atoms with Gasteiger partial charge in [-0.3, -0.25) is 0 Å². The molecule has 1 saturated heterocycles. The third-order valence-electron chi connectivity index (χ3n) is 4.56. The third kappa shape index (κ3) is 3.88. The van der Waals surface area contributed by atoms with Crippen LogP contribution in [0, 0.1) is 12.1 Å². The average Bonchev–Trinajstić information content (AvgIpc) is 2.87. The topological polar surface area (TPSA) is 49.8 Å². The van der Waals surface area contributed by atoms with Crippen LogP contribution >= 0.6 is 27.3 Å². The van der Waals surface area contributed by atoms with Crippen molar-refractivity contribution in [3.63, 3.8) is 0 Å². The molecule has 1 aliphatic rings. The fraction of sp³-hybridized carbons (Fsp3) is 0.389. The first-order chi connectivity index (χ1) is 11.9. The SMILES string of the molecule is Cc1c(Br)sc(F)c1C1(O)CCN(C(=O)OCc2ccccc2)CC1. The van der Waals surface area contributed by atoms with E-state index in [-0.39, 0.29) is 24.6 Å². The summed E-state index contributed by atoms with van der Waals surface area (Å²) in [7, 11) is 0. The molecule has 0 radical (unpaired) electrons. The normalized spacial score (nSPS) is 16.7. The molecule has 1 amide bonds. The lowest BCUT2D eigenvalue weighted by Gasteiger charge is -2.37. The first-order valence-electron chi connectivity index (χ1n) is 8.03. The summed E-state index contributed by atoms with van der Waals surface area (Å²) in [5.74, 6) is 0. The van der Waals surface area contributed by atoms with Crippen molar-refractivity contribution in [1.29, 1.82) is 0 Å². The second kappa shape index (κ2) is 7.43. The zero-order valence-corrected chi connectivity index (χ0v) is 16.2. The van der Waals surface area contributed by atoms with Crippen LogP contribution in [0.15, 0.2) is 34.1 Å². The Bertz CT molecular complexity index is 757. The van der Waals surface area contributed by atoms with Gasteiger partial charge in [-0.1, -0.05) is 41.7 Å². The maximum absolute atomic E-state index is 14.2. The molecule has 2 aromatic rings. The predicted molar refractivity (Wildman–Crippen MR) is 98.0 cm³/mol. The van der Waals surface area contributed by atoms with Crippen molar-refractivity contribution in [3.8, 4) is 0 Å². The molecule has 0 saturated carbocycles. The molecule has 134 valence electrons. The van der Waals surface area contributed by atoms with E-state index >= 15 is 0 Å². The third-order valence-corrected chi connectivity index (χ3v) is 6.51. The van der Waals surface area contributed by atoms with Crippen LogP contribution < -0.4 is 0 Å². The van der Waals surface area contributed by atoms with Gasteiger partial charge in [0.25, 0.3) is 0 Å². The van der Waals surface area contributed by atoms with Crippen LogP contribution in [-0.2, 0) is 16.9 Å². The van der Waals surface area contributed by atoms with Crippen LogP contribution in [-0.4, -0.2) is 29.2 Å². The molecule has 2 heterocycles. The molecule has 1 fully saturated rings. The molecule has 7 heteroatoms. The summed E-state index contributed by atoms with van der Waals surface area (Å²) < 4.78 is 20.2. The highest BCUT2D eigenvalue weighted by Crippen LogP contribution is 2.42. The zero-order valence-electron chi connectivity index (χ0n) is 13.8. The second-order valence-corrected chi connectivity index (χ2v) is 8.50. The number of carbonyl (C=O) groups is 1. The van der Waals surface area contributed by atoms with Crippen LogP contribution in [0.25, 0.3) is 0 Å². The number of hydrogen-bond acceptors (Lipinski definition) is 4. The van der Waals surface area contributed by atoms with Gasteiger partial charge < -0.3 is 14.7 Å². The number of piperidine rings is 1. The highest BCUT2D eigenvalue weighted by atomic mass is 79.9. The quantitative estimate of drug-likeness (QED) is 0.779. The van der Waals surface area contributed by atoms with E-state index in [4.69, 9.17) is 4.74 Å². The largest absolute Gasteiger partial charge is 0.445 e. The molecule has 0 bridgehead atoms. The first-order valence-corrected chi connectivity index (χ1v) is 9.64. The molecule has 3 rings (SSSR count). The molecule has 1 aromatic carbocycles. The summed E-state index contributed by atoms with van der Waals surface area (Å²) in [6.45, 7) is 2.66. The standard InChI is InChI=1S/C18H19BrFNO3S/c1-12-14(16(20)25-15(12)19)18(23)7-9-21(10-8-18)17(22)24-11-13-5-3-2-4-6-13/h2-6,23H,7-11H2,1H3. The van der Waals surface area contributed by atoms with Crippen molar-refractivity contribution >= 4 is 33.4 Å². The number of amides is 1. The number of benzene rings is 1. The van der Waals surface area contributed by atoms with Crippen LogP contribution in [0.2, 0.25) is 0 Å². The number of thiophene rings is 1. The lowest BCUT2D eigenvalue weighted by atomic mass is 9.84. The van der Waals surface area contributed by atoms with Gasteiger partial charge in [0, 0.05) is 18.7 Å². The Balaban J connectivity index is 1.60. The number of aliphatic hydroxyl groups is 1. The molecule has 1 N–H and O–H groups in total. The number of carbonyl (C=O) groups excluding carboxylic acids is 1. The number of likely N-dealkylation sites (tertiary alicyclic amines) is 1. The lowest BCUT2D eigenvalue weighted by molar-refractivity contribution is -0.0277. The maximum Gasteiger partial charge on any atom is 0.410 e. The summed E-state index contributed by atoms with van der Waals surface area (Å²) in [5.41, 5.74) is 0.754. The van der Waals surface area contributed by atoms with E-state index in [1.165, 1.54) is 0 Å². The Morgan fingerprint density at radius 3 is 2.56 bits per heavy atom. The maximum atomic E-state index is 14.2. The monoisotopic (exact) mass is 427 g/mol. The Morgan fingerprint density at radius 2 is 2.00 bits per heavy atom. The number of ether oxygens (including phenoxy) is 1. The molecule has 1 aromatic heterocycles. The number of halogens is 2. The number of hydrogen-bond donors (Lipinski definition) is 1. The fourth-order valence-electron chi connectivity index (χ4n) is 3.10. The van der Waals surface area contributed by atoms with Gasteiger partial charge in [-0.25, -0.2) is 4.79 Å². The van der Waals surface area contributed by atoms with Crippen molar-refractivity contribution in [2.24, 2.45) is 0 Å². The van der Waals surface area contributed by atoms with Gasteiger partial charge in [0.15, 0.2) is 5.13 Å². The highest BCUT2D eigenvalue weighted by molar-refractivity contribution is 9.11. The number of rotatable bonds is 3. The molecule has 0 unspecified atom stereocenters. The fourth-order valence-corrected chi connectivity index (χ4v) is 4.59. The summed E-state index contributed by atoms with van der Waals surface area (Å²) in [6, 6.07) is 9.46. The van der Waals surface area contributed by atoms with Crippen molar-refractivity contribution in [2.45, 2.75) is 32.0 Å².